The van der Waals surface area contributed by atoms with E-state index < -0.39 is 18.3 Å². The van der Waals surface area contributed by atoms with Gasteiger partial charge in [0.05, 0.1) is 11.4 Å². The lowest BCUT2D eigenvalue weighted by molar-refractivity contribution is 0.0159. The Kier molecular flexibility index (Phi) is 6.36. The largest absolute Gasteiger partial charge is 0.445 e. The van der Waals surface area contributed by atoms with E-state index in [1.54, 1.807) is 0 Å². The molecule has 0 radical (unpaired) electrons. The zero-order valence-electron chi connectivity index (χ0n) is 12.7. The molecule has 0 aliphatic carbocycles. The summed E-state index contributed by atoms with van der Waals surface area (Å²) in [4.78, 5) is 15.5. The van der Waals surface area contributed by atoms with Gasteiger partial charge in [-0.25, -0.2) is 9.78 Å². The lowest BCUT2D eigenvalue weighted by Gasteiger charge is -2.18. The lowest BCUT2D eigenvalue weighted by Crippen LogP contribution is -2.36. The van der Waals surface area contributed by atoms with Crippen LogP contribution in [0.5, 0.6) is 0 Å². The number of halogens is 1. The molecule has 5 N–H and O–H groups in total. The first-order valence-corrected chi connectivity index (χ1v) is 7.57. The molecule has 0 saturated carbocycles. The van der Waals surface area contributed by atoms with Gasteiger partial charge in [0.15, 0.2) is 5.15 Å². The Bertz CT molecular complexity index is 684. The first kappa shape index (κ1) is 18.0. The molecule has 1 amide bonds. The number of aliphatic hydroxyl groups is 2. The fourth-order valence-electron chi connectivity index (χ4n) is 1.89. The first-order valence-electron chi connectivity index (χ1n) is 7.20. The van der Waals surface area contributed by atoms with Gasteiger partial charge in [-0.1, -0.05) is 41.9 Å². The van der Waals surface area contributed by atoms with Gasteiger partial charge < -0.3 is 26.0 Å². The average molecular weight is 352 g/mol. The van der Waals surface area contributed by atoms with Crippen molar-refractivity contribution < 1.29 is 19.7 Å². The summed E-state index contributed by atoms with van der Waals surface area (Å²) < 4.78 is 5.00. The number of ether oxygens (including phenoxy) is 1. The van der Waals surface area contributed by atoms with Gasteiger partial charge in [0.1, 0.15) is 18.8 Å². The van der Waals surface area contributed by atoms with Crippen molar-refractivity contribution in [2.45, 2.75) is 18.8 Å². The maximum atomic E-state index is 11.6. The molecule has 2 aromatic rings. The number of nitrogens with one attached hydrogen (secondary N) is 1. The van der Waals surface area contributed by atoms with Crippen LogP contribution in [-0.4, -0.2) is 33.9 Å². The number of benzene rings is 1. The van der Waals surface area contributed by atoms with Crippen LogP contribution in [0.3, 0.4) is 0 Å². The molecule has 1 aromatic heterocycles. The van der Waals surface area contributed by atoms with Gasteiger partial charge >= 0.3 is 6.09 Å². The van der Waals surface area contributed by atoms with Crippen LogP contribution in [0.1, 0.15) is 17.4 Å². The predicted octanol–water partition coefficient (Wildman–Crippen LogP) is 1.64. The van der Waals surface area contributed by atoms with E-state index in [0.29, 0.717) is 0 Å². The normalized spacial score (nSPS) is 13.1. The number of amides is 1. The second-order valence-electron chi connectivity index (χ2n) is 5.07. The molecule has 0 saturated heterocycles. The van der Waals surface area contributed by atoms with E-state index >= 15 is 0 Å². The molecule has 0 aliphatic rings. The van der Waals surface area contributed by atoms with Crippen molar-refractivity contribution in [3.8, 4) is 0 Å². The van der Waals surface area contributed by atoms with Gasteiger partial charge in [-0.05, 0) is 17.7 Å². The van der Waals surface area contributed by atoms with E-state index in [0.717, 1.165) is 5.56 Å². The highest BCUT2D eigenvalue weighted by atomic mass is 35.5. The summed E-state index contributed by atoms with van der Waals surface area (Å²) in [6.07, 6.45) is -3.30. The molecule has 7 nitrogen and oxygen atoms in total. The van der Waals surface area contributed by atoms with Crippen molar-refractivity contribution in [2.24, 2.45) is 0 Å². The number of alkyl carbamates (subject to hydrolysis) is 1. The van der Waals surface area contributed by atoms with E-state index in [1.165, 1.54) is 12.1 Å². The van der Waals surface area contributed by atoms with Crippen LogP contribution in [-0.2, 0) is 11.3 Å². The Balaban J connectivity index is 1.80. The number of rotatable bonds is 6. The number of hydrogen-bond acceptors (Lipinski definition) is 6. The van der Waals surface area contributed by atoms with Crippen LogP contribution < -0.4 is 11.1 Å². The minimum atomic E-state index is -1.32. The van der Waals surface area contributed by atoms with Gasteiger partial charge in [-0.3, -0.25) is 0 Å². The highest BCUT2D eigenvalue weighted by Gasteiger charge is 2.21. The van der Waals surface area contributed by atoms with Crippen molar-refractivity contribution in [3.63, 3.8) is 0 Å². The van der Waals surface area contributed by atoms with E-state index in [9.17, 15) is 15.0 Å². The zero-order valence-corrected chi connectivity index (χ0v) is 13.5. The summed E-state index contributed by atoms with van der Waals surface area (Å²) in [6.45, 7) is -0.0983. The van der Waals surface area contributed by atoms with Crippen LogP contribution in [0.2, 0.25) is 5.15 Å². The Morgan fingerprint density at radius 1 is 1.25 bits per heavy atom. The third-order valence-corrected chi connectivity index (χ3v) is 3.54. The topological polar surface area (TPSA) is 118 Å². The first-order chi connectivity index (χ1) is 11.5. The van der Waals surface area contributed by atoms with Crippen LogP contribution in [0.15, 0.2) is 42.5 Å². The van der Waals surface area contributed by atoms with Gasteiger partial charge in [-0.2, -0.15) is 0 Å². The Morgan fingerprint density at radius 2 is 1.96 bits per heavy atom. The second kappa shape index (κ2) is 8.49. The number of aromatic nitrogens is 1. The molecule has 8 heteroatoms. The minimum absolute atomic E-state index is 0.0361. The standard InChI is InChI=1S/C16H18ClN3O4/c17-15-11(18)6-7-12(20-15)14(22)13(21)8-19-16(23)24-9-10-4-2-1-3-5-10/h1-7,13-14,21-22H,8-9,18H2,(H,19,23). The summed E-state index contributed by atoms with van der Waals surface area (Å²) in [5, 5.41) is 22.4. The lowest BCUT2D eigenvalue weighted by atomic mass is 10.1. The number of carbonyl (C=O) groups is 1. The van der Waals surface area contributed by atoms with Crippen LogP contribution in [0, 0.1) is 0 Å². The maximum Gasteiger partial charge on any atom is 0.407 e. The monoisotopic (exact) mass is 351 g/mol. The van der Waals surface area contributed by atoms with Crippen molar-refractivity contribution >= 4 is 23.4 Å². The number of pyridine rings is 1. The second-order valence-corrected chi connectivity index (χ2v) is 5.43. The molecule has 24 heavy (non-hydrogen) atoms. The summed E-state index contributed by atoms with van der Waals surface area (Å²) >= 11 is 5.77. The van der Waals surface area contributed by atoms with E-state index in [1.807, 2.05) is 30.3 Å². The van der Waals surface area contributed by atoms with Crippen LogP contribution in [0.25, 0.3) is 0 Å². The third-order valence-electron chi connectivity index (χ3n) is 3.23. The van der Waals surface area contributed by atoms with E-state index in [2.05, 4.69) is 10.3 Å². The molecule has 2 rings (SSSR count). The number of anilines is 1. The molecule has 0 spiro atoms. The van der Waals surface area contributed by atoms with Gasteiger partial charge in [0.2, 0.25) is 0 Å². The van der Waals surface area contributed by atoms with Gasteiger partial charge in [0, 0.05) is 6.54 Å². The fourth-order valence-corrected chi connectivity index (χ4v) is 2.06. The smallest absolute Gasteiger partial charge is 0.407 e. The van der Waals surface area contributed by atoms with E-state index in [4.69, 9.17) is 22.1 Å². The molecule has 1 heterocycles. The SMILES string of the molecule is Nc1ccc(C(O)C(O)CNC(=O)OCc2ccccc2)nc1Cl. The van der Waals surface area contributed by atoms with Crippen molar-refractivity contribution in [1.29, 1.82) is 0 Å². The number of nitrogen functional groups attached to an aromatic ring is 1. The molecular weight excluding hydrogens is 334 g/mol. The van der Waals surface area contributed by atoms with E-state index in [-0.39, 0.29) is 29.7 Å². The molecule has 1 aromatic carbocycles. The fraction of sp³-hybridized carbons (Fsp3) is 0.250. The molecule has 0 bridgehead atoms. The Morgan fingerprint density at radius 3 is 2.62 bits per heavy atom. The highest BCUT2D eigenvalue weighted by Crippen LogP contribution is 2.21. The van der Waals surface area contributed by atoms with Gasteiger partial charge in [0.25, 0.3) is 0 Å². The zero-order chi connectivity index (χ0) is 17.5. The van der Waals surface area contributed by atoms with Crippen LogP contribution >= 0.6 is 11.6 Å². The molecule has 0 aliphatic heterocycles. The third kappa shape index (κ3) is 5.09. The Hall–Kier alpha value is -2.35. The average Bonchev–Trinajstić information content (AvgIpc) is 2.60. The van der Waals surface area contributed by atoms with Crippen molar-refractivity contribution in [3.05, 3.63) is 58.9 Å². The molecule has 2 atom stereocenters. The maximum absolute atomic E-state index is 11.6. The number of hydrogen-bond donors (Lipinski definition) is 4. The van der Waals surface area contributed by atoms with Crippen molar-refractivity contribution in [1.82, 2.24) is 10.3 Å². The van der Waals surface area contributed by atoms with Crippen molar-refractivity contribution in [2.75, 3.05) is 12.3 Å². The number of carbonyl (C=O) groups excluding carboxylic acids is 1. The minimum Gasteiger partial charge on any atom is -0.445 e. The molecular formula is C16H18ClN3O4. The summed E-state index contributed by atoms with van der Waals surface area (Å²) in [5.41, 5.74) is 6.80. The highest BCUT2D eigenvalue weighted by molar-refractivity contribution is 6.31. The van der Waals surface area contributed by atoms with Crippen LogP contribution in [0.4, 0.5) is 10.5 Å². The summed E-state index contributed by atoms with van der Waals surface area (Å²) in [7, 11) is 0. The number of aliphatic hydroxyl groups excluding tert-OH is 2. The summed E-state index contributed by atoms with van der Waals surface area (Å²) in [5.74, 6) is 0. The Labute approximate surface area is 144 Å². The van der Waals surface area contributed by atoms with Gasteiger partial charge in [-0.15, -0.1) is 0 Å². The number of nitrogens with two attached hydrogens (primary N) is 1. The molecule has 0 fully saturated rings. The predicted molar refractivity (Wildman–Crippen MR) is 89.3 cm³/mol. The molecule has 2 unspecified atom stereocenters. The quantitative estimate of drug-likeness (QED) is 0.588. The molecule has 128 valence electrons. The summed E-state index contributed by atoms with van der Waals surface area (Å²) in [6, 6.07) is 12.1. The number of nitrogens with zero attached hydrogens (tertiary/aromatic N) is 1.